The summed E-state index contributed by atoms with van der Waals surface area (Å²) in [6, 6.07) is 18.4. The van der Waals surface area contributed by atoms with Crippen LogP contribution < -0.4 is 5.01 Å². The lowest BCUT2D eigenvalue weighted by molar-refractivity contribution is -0.153. The Kier molecular flexibility index (Phi) is 5.53. The van der Waals surface area contributed by atoms with E-state index in [-0.39, 0.29) is 5.97 Å². The number of anilines is 1. The molecule has 0 saturated heterocycles. The molecule has 0 radical (unpaired) electrons. The summed E-state index contributed by atoms with van der Waals surface area (Å²) in [6.45, 7) is 2.25. The van der Waals surface area contributed by atoms with Crippen LogP contribution in [0.5, 0.6) is 0 Å². The van der Waals surface area contributed by atoms with Crippen LogP contribution in [0, 0.1) is 8.99 Å². The summed E-state index contributed by atoms with van der Waals surface area (Å²) in [5.41, 5.74) is 3.22. The van der Waals surface area contributed by atoms with Gasteiger partial charge in [-0.1, -0.05) is 36.4 Å². The van der Waals surface area contributed by atoms with E-state index in [0.717, 1.165) is 41.9 Å². The normalized spacial score (nSPS) is 21.4. The number of hydrazone groups is 1. The molecule has 0 N–H and O–H groups in total. The van der Waals surface area contributed by atoms with Gasteiger partial charge in [0.15, 0.2) is 0 Å². The van der Waals surface area contributed by atoms with Gasteiger partial charge in [0.2, 0.25) is 0 Å². The number of halogens is 1. The van der Waals surface area contributed by atoms with E-state index in [1.165, 1.54) is 3.57 Å². The van der Waals surface area contributed by atoms with Crippen LogP contribution in [0.2, 0.25) is 0 Å². The fourth-order valence-electron chi connectivity index (χ4n) is 4.05. The van der Waals surface area contributed by atoms with Gasteiger partial charge in [0.1, 0.15) is 5.41 Å². The standard InChI is InChI=1S/C23H23IN2O2/c1-2-28-22(27)23-15-7-6-10-21(23)26(19-13-11-18(24)12-14-19)25-20(16-23)17-8-4-3-5-9-17/h3-5,8-14H,2,6-7,15-16H2,1H3. The van der Waals surface area contributed by atoms with Crippen molar-refractivity contribution in [2.75, 3.05) is 11.6 Å². The van der Waals surface area contributed by atoms with Crippen molar-refractivity contribution in [2.24, 2.45) is 10.5 Å². The highest BCUT2D eigenvalue weighted by Crippen LogP contribution is 2.48. The van der Waals surface area contributed by atoms with E-state index in [4.69, 9.17) is 9.84 Å². The highest BCUT2D eigenvalue weighted by molar-refractivity contribution is 14.1. The van der Waals surface area contributed by atoms with Crippen molar-refractivity contribution in [3.8, 4) is 0 Å². The Morgan fingerprint density at radius 3 is 2.64 bits per heavy atom. The highest BCUT2D eigenvalue weighted by Gasteiger charge is 2.50. The molecule has 5 heteroatoms. The first kappa shape index (κ1) is 19.2. The van der Waals surface area contributed by atoms with Crippen molar-refractivity contribution < 1.29 is 9.53 Å². The fraction of sp³-hybridized carbons (Fsp3) is 0.304. The van der Waals surface area contributed by atoms with Crippen LogP contribution in [0.4, 0.5) is 5.69 Å². The Morgan fingerprint density at radius 2 is 1.93 bits per heavy atom. The van der Waals surface area contributed by atoms with Crippen molar-refractivity contribution in [1.29, 1.82) is 0 Å². The third kappa shape index (κ3) is 3.48. The maximum Gasteiger partial charge on any atom is 0.318 e. The number of carbonyl (C=O) groups is 1. The van der Waals surface area contributed by atoms with E-state index in [2.05, 4.69) is 65.1 Å². The van der Waals surface area contributed by atoms with Gasteiger partial charge in [-0.15, -0.1) is 0 Å². The average Bonchev–Trinajstić information content (AvgIpc) is 2.74. The molecule has 1 atom stereocenters. The molecule has 0 aromatic heterocycles. The third-order valence-corrected chi connectivity index (χ3v) is 6.12. The predicted octanol–water partition coefficient (Wildman–Crippen LogP) is 5.52. The number of allylic oxidation sites excluding steroid dienone is 1. The predicted molar refractivity (Wildman–Crippen MR) is 120 cm³/mol. The van der Waals surface area contributed by atoms with Crippen LogP contribution in [-0.2, 0) is 9.53 Å². The van der Waals surface area contributed by atoms with Crippen molar-refractivity contribution in [1.82, 2.24) is 0 Å². The zero-order valence-corrected chi connectivity index (χ0v) is 18.1. The Labute approximate surface area is 179 Å². The van der Waals surface area contributed by atoms with Gasteiger partial charge >= 0.3 is 5.97 Å². The number of esters is 1. The minimum absolute atomic E-state index is 0.139. The number of hydrogen-bond acceptors (Lipinski definition) is 4. The van der Waals surface area contributed by atoms with Crippen LogP contribution >= 0.6 is 22.6 Å². The summed E-state index contributed by atoms with van der Waals surface area (Å²) in [5.74, 6) is -0.139. The second kappa shape index (κ2) is 8.07. The number of nitrogens with zero attached hydrogens (tertiary/aromatic N) is 2. The molecule has 0 spiro atoms. The van der Waals surface area contributed by atoms with Crippen LogP contribution in [0.25, 0.3) is 0 Å². The molecule has 0 amide bonds. The van der Waals surface area contributed by atoms with E-state index in [0.29, 0.717) is 13.0 Å². The van der Waals surface area contributed by atoms with Crippen molar-refractivity contribution >= 4 is 40.0 Å². The second-order valence-electron chi connectivity index (χ2n) is 7.16. The summed E-state index contributed by atoms with van der Waals surface area (Å²) in [5, 5.41) is 6.95. The smallest absolute Gasteiger partial charge is 0.318 e. The molecule has 4 nitrogen and oxygen atoms in total. The summed E-state index contributed by atoms with van der Waals surface area (Å²) < 4.78 is 6.73. The summed E-state index contributed by atoms with van der Waals surface area (Å²) >= 11 is 2.30. The molecule has 1 heterocycles. The molecule has 2 aromatic rings. The summed E-state index contributed by atoms with van der Waals surface area (Å²) in [7, 11) is 0. The molecule has 0 saturated carbocycles. The maximum absolute atomic E-state index is 13.2. The molecule has 1 aliphatic carbocycles. The van der Waals surface area contributed by atoms with Gasteiger partial charge in [0.05, 0.1) is 23.7 Å². The number of ether oxygens (including phenoxy) is 1. The SMILES string of the molecule is CCOC(=O)C12CCCC=C1N(c1ccc(I)cc1)N=C(c1ccccc1)C2. The Bertz CT molecular complexity index is 921. The lowest BCUT2D eigenvalue weighted by atomic mass is 9.70. The van der Waals surface area contributed by atoms with E-state index in [9.17, 15) is 4.79 Å². The molecular formula is C23H23IN2O2. The monoisotopic (exact) mass is 486 g/mol. The van der Waals surface area contributed by atoms with Gasteiger partial charge in [-0.3, -0.25) is 4.79 Å². The number of fused-ring (bicyclic) bond motifs is 1. The van der Waals surface area contributed by atoms with Gasteiger partial charge in [0, 0.05) is 9.99 Å². The minimum atomic E-state index is -0.676. The third-order valence-electron chi connectivity index (χ3n) is 5.40. The van der Waals surface area contributed by atoms with E-state index in [1.54, 1.807) is 0 Å². The van der Waals surface area contributed by atoms with Gasteiger partial charge in [-0.2, -0.15) is 5.10 Å². The lowest BCUT2D eigenvalue weighted by Gasteiger charge is -2.44. The van der Waals surface area contributed by atoms with Gasteiger partial charge in [0.25, 0.3) is 0 Å². The largest absolute Gasteiger partial charge is 0.465 e. The zero-order valence-electron chi connectivity index (χ0n) is 15.9. The van der Waals surface area contributed by atoms with E-state index in [1.807, 2.05) is 30.1 Å². The molecule has 1 unspecified atom stereocenters. The van der Waals surface area contributed by atoms with Crippen LogP contribution in [0.1, 0.15) is 38.2 Å². The van der Waals surface area contributed by atoms with Crippen molar-refractivity contribution in [3.63, 3.8) is 0 Å². The summed E-state index contributed by atoms with van der Waals surface area (Å²) in [4.78, 5) is 13.2. The highest BCUT2D eigenvalue weighted by atomic mass is 127. The molecule has 28 heavy (non-hydrogen) atoms. The molecule has 1 aliphatic heterocycles. The van der Waals surface area contributed by atoms with Crippen LogP contribution in [-0.4, -0.2) is 18.3 Å². The number of hydrogen-bond donors (Lipinski definition) is 0. The topological polar surface area (TPSA) is 41.9 Å². The minimum Gasteiger partial charge on any atom is -0.465 e. The zero-order chi connectivity index (χ0) is 19.6. The Balaban J connectivity index is 1.87. The first-order chi connectivity index (χ1) is 13.6. The molecule has 0 fully saturated rings. The van der Waals surface area contributed by atoms with Gasteiger partial charge in [-0.05, 0) is 78.6 Å². The lowest BCUT2D eigenvalue weighted by Crippen LogP contribution is -2.47. The molecular weight excluding hydrogens is 463 g/mol. The first-order valence-electron chi connectivity index (χ1n) is 9.70. The molecule has 2 aliphatic rings. The van der Waals surface area contributed by atoms with E-state index >= 15 is 0 Å². The molecule has 144 valence electrons. The van der Waals surface area contributed by atoms with E-state index < -0.39 is 5.41 Å². The average molecular weight is 486 g/mol. The Hall–Kier alpha value is -2.15. The van der Waals surface area contributed by atoms with Gasteiger partial charge in [-0.25, -0.2) is 5.01 Å². The quantitative estimate of drug-likeness (QED) is 0.422. The second-order valence-corrected chi connectivity index (χ2v) is 8.41. The first-order valence-corrected chi connectivity index (χ1v) is 10.8. The molecule has 4 rings (SSSR count). The summed E-state index contributed by atoms with van der Waals surface area (Å²) in [6.07, 6.45) is 5.45. The van der Waals surface area contributed by atoms with Crippen molar-refractivity contribution in [3.05, 3.63) is 75.5 Å². The number of benzene rings is 2. The fourth-order valence-corrected chi connectivity index (χ4v) is 4.41. The van der Waals surface area contributed by atoms with Crippen molar-refractivity contribution in [2.45, 2.75) is 32.6 Å². The van der Waals surface area contributed by atoms with Gasteiger partial charge < -0.3 is 4.74 Å². The molecule has 2 aromatic carbocycles. The molecule has 0 bridgehead atoms. The number of carbonyl (C=O) groups excluding carboxylic acids is 1. The van der Waals surface area contributed by atoms with Crippen LogP contribution in [0.3, 0.4) is 0 Å². The maximum atomic E-state index is 13.2. The number of rotatable bonds is 4. The van der Waals surface area contributed by atoms with Crippen LogP contribution in [0.15, 0.2) is 71.5 Å². The Morgan fingerprint density at radius 1 is 1.18 bits per heavy atom.